The Morgan fingerprint density at radius 3 is 2.71 bits per heavy atom. The summed E-state index contributed by atoms with van der Waals surface area (Å²) in [5.74, 6) is 0.360. The molecule has 2 amide bonds. The van der Waals surface area contributed by atoms with Gasteiger partial charge in [-0.2, -0.15) is 0 Å². The van der Waals surface area contributed by atoms with Crippen LogP contribution >= 0.6 is 23.2 Å². The van der Waals surface area contributed by atoms with Crippen LogP contribution < -0.4 is 10.6 Å². The molecular weight excluding hydrogens is 315 g/mol. The maximum absolute atomic E-state index is 11.7. The molecule has 5 nitrogen and oxygen atoms in total. The topological polar surface area (TPSA) is 70.6 Å². The first-order valence-electron chi connectivity index (χ1n) is 6.79. The third-order valence-corrected chi connectivity index (χ3v) is 4.02. The zero-order chi connectivity index (χ0) is 15.2. The summed E-state index contributed by atoms with van der Waals surface area (Å²) < 4.78 is 5.23. The van der Waals surface area contributed by atoms with Crippen molar-refractivity contribution >= 4 is 29.2 Å². The Balaban J connectivity index is 1.77. The van der Waals surface area contributed by atoms with Gasteiger partial charge in [0.15, 0.2) is 0 Å². The molecule has 0 aromatic heterocycles. The van der Waals surface area contributed by atoms with E-state index in [1.54, 1.807) is 18.2 Å². The van der Waals surface area contributed by atoms with E-state index in [4.69, 9.17) is 27.9 Å². The second-order valence-electron chi connectivity index (χ2n) is 4.97. The van der Waals surface area contributed by atoms with E-state index in [0.717, 1.165) is 13.0 Å². The van der Waals surface area contributed by atoms with Crippen LogP contribution in [0.1, 0.15) is 18.1 Å². The summed E-state index contributed by atoms with van der Waals surface area (Å²) in [5, 5.41) is 16.2. The highest BCUT2D eigenvalue weighted by atomic mass is 35.5. The fourth-order valence-electron chi connectivity index (χ4n) is 2.16. The number of hydrogen-bond acceptors (Lipinski definition) is 3. The van der Waals surface area contributed by atoms with Crippen LogP contribution in [-0.2, 0) is 4.74 Å². The quantitative estimate of drug-likeness (QED) is 0.775. The molecule has 1 heterocycles. The molecule has 21 heavy (non-hydrogen) atoms. The second kappa shape index (κ2) is 7.84. The second-order valence-corrected chi connectivity index (χ2v) is 5.79. The Morgan fingerprint density at radius 2 is 2.10 bits per heavy atom. The summed E-state index contributed by atoms with van der Waals surface area (Å²) in [7, 11) is 0. The summed E-state index contributed by atoms with van der Waals surface area (Å²) in [4.78, 5) is 11.7. The lowest BCUT2D eigenvalue weighted by Gasteiger charge is -2.16. The fourth-order valence-corrected chi connectivity index (χ4v) is 2.81. The monoisotopic (exact) mass is 332 g/mol. The number of halogens is 2. The predicted octanol–water partition coefficient (Wildman–Crippen LogP) is 2.36. The first kappa shape index (κ1) is 16.4. The van der Waals surface area contributed by atoms with Gasteiger partial charge in [0.05, 0.1) is 12.7 Å². The Bertz CT molecular complexity index is 473. The number of ether oxygens (including phenoxy) is 1. The molecule has 1 fully saturated rings. The molecule has 1 aromatic carbocycles. The third-order valence-electron chi connectivity index (χ3n) is 3.36. The maximum Gasteiger partial charge on any atom is 0.314 e. The summed E-state index contributed by atoms with van der Waals surface area (Å²) in [6, 6.07) is 4.66. The van der Waals surface area contributed by atoms with Crippen LogP contribution in [-0.4, -0.2) is 37.4 Å². The minimum Gasteiger partial charge on any atom is -0.386 e. The average molecular weight is 333 g/mol. The molecule has 116 valence electrons. The Morgan fingerprint density at radius 1 is 1.38 bits per heavy atom. The van der Waals surface area contributed by atoms with E-state index in [1.165, 1.54) is 0 Å². The third kappa shape index (κ3) is 4.74. The van der Waals surface area contributed by atoms with E-state index < -0.39 is 6.10 Å². The molecule has 1 saturated heterocycles. The highest BCUT2D eigenvalue weighted by Gasteiger charge is 2.18. The SMILES string of the molecule is O=C(NC[C@H]1CCOC1)NC[C@H](O)c1c(Cl)cccc1Cl. The van der Waals surface area contributed by atoms with Crippen LogP contribution in [0.3, 0.4) is 0 Å². The molecule has 1 aliphatic heterocycles. The van der Waals surface area contributed by atoms with Crippen molar-refractivity contribution in [3.63, 3.8) is 0 Å². The molecule has 0 saturated carbocycles. The van der Waals surface area contributed by atoms with Crippen molar-refractivity contribution in [2.24, 2.45) is 5.92 Å². The Kier molecular flexibility index (Phi) is 6.11. The van der Waals surface area contributed by atoms with E-state index in [1.807, 2.05) is 0 Å². The molecule has 0 radical (unpaired) electrons. The summed E-state index contributed by atoms with van der Waals surface area (Å²) in [5.41, 5.74) is 0.422. The van der Waals surface area contributed by atoms with E-state index in [-0.39, 0.29) is 12.6 Å². The number of benzene rings is 1. The number of nitrogens with one attached hydrogen (secondary N) is 2. The summed E-state index contributed by atoms with van der Waals surface area (Å²) in [6.07, 6.45) is 0.00441. The highest BCUT2D eigenvalue weighted by Crippen LogP contribution is 2.29. The van der Waals surface area contributed by atoms with Crippen molar-refractivity contribution in [2.75, 3.05) is 26.3 Å². The maximum atomic E-state index is 11.7. The van der Waals surface area contributed by atoms with Gasteiger partial charge in [-0.25, -0.2) is 4.79 Å². The van der Waals surface area contributed by atoms with E-state index in [2.05, 4.69) is 10.6 Å². The Hall–Kier alpha value is -1.01. The fraction of sp³-hybridized carbons (Fsp3) is 0.500. The van der Waals surface area contributed by atoms with Crippen LogP contribution in [0.25, 0.3) is 0 Å². The van der Waals surface area contributed by atoms with Crippen molar-refractivity contribution in [3.8, 4) is 0 Å². The van der Waals surface area contributed by atoms with Crippen LogP contribution in [0.4, 0.5) is 4.79 Å². The molecule has 0 spiro atoms. The highest BCUT2D eigenvalue weighted by molar-refractivity contribution is 6.36. The normalized spacial score (nSPS) is 19.3. The minimum atomic E-state index is -0.952. The lowest BCUT2D eigenvalue weighted by molar-refractivity contribution is 0.172. The molecule has 2 atom stereocenters. The zero-order valence-electron chi connectivity index (χ0n) is 11.4. The lowest BCUT2D eigenvalue weighted by atomic mass is 10.1. The number of carbonyl (C=O) groups excluding carboxylic acids is 1. The molecule has 0 bridgehead atoms. The Labute approximate surface area is 133 Å². The van der Waals surface area contributed by atoms with Crippen LogP contribution in [0.15, 0.2) is 18.2 Å². The first-order chi connectivity index (χ1) is 10.1. The zero-order valence-corrected chi connectivity index (χ0v) is 13.0. The minimum absolute atomic E-state index is 0.0381. The molecule has 2 rings (SSSR count). The summed E-state index contributed by atoms with van der Waals surface area (Å²) in [6.45, 7) is 2.03. The largest absolute Gasteiger partial charge is 0.386 e. The van der Waals surface area contributed by atoms with Crippen LogP contribution in [0.2, 0.25) is 10.0 Å². The van der Waals surface area contributed by atoms with Crippen molar-refractivity contribution in [1.82, 2.24) is 10.6 Å². The molecular formula is C14H18Cl2N2O3. The van der Waals surface area contributed by atoms with E-state index in [9.17, 15) is 9.90 Å². The van der Waals surface area contributed by atoms with Gasteiger partial charge in [-0.15, -0.1) is 0 Å². The standard InChI is InChI=1S/C14H18Cl2N2O3/c15-10-2-1-3-11(16)13(10)12(19)7-18-14(20)17-6-9-4-5-21-8-9/h1-3,9,12,19H,4-8H2,(H2,17,18,20)/t9-,12+/m1/s1. The molecule has 7 heteroatoms. The van der Waals surface area contributed by atoms with Gasteiger partial charge in [0.2, 0.25) is 0 Å². The van der Waals surface area contributed by atoms with Gasteiger partial charge in [-0.3, -0.25) is 0 Å². The number of urea groups is 1. The molecule has 0 unspecified atom stereocenters. The van der Waals surface area contributed by atoms with E-state index in [0.29, 0.717) is 34.7 Å². The number of aliphatic hydroxyl groups excluding tert-OH is 1. The van der Waals surface area contributed by atoms with Crippen molar-refractivity contribution in [3.05, 3.63) is 33.8 Å². The number of aliphatic hydroxyl groups is 1. The van der Waals surface area contributed by atoms with Gasteiger partial charge in [0, 0.05) is 41.2 Å². The van der Waals surface area contributed by atoms with Gasteiger partial charge in [0.1, 0.15) is 0 Å². The number of carbonyl (C=O) groups is 1. The average Bonchev–Trinajstić information content (AvgIpc) is 2.96. The molecule has 1 aromatic rings. The first-order valence-corrected chi connectivity index (χ1v) is 7.55. The smallest absolute Gasteiger partial charge is 0.314 e. The number of hydrogen-bond donors (Lipinski definition) is 3. The van der Waals surface area contributed by atoms with Crippen molar-refractivity contribution in [1.29, 1.82) is 0 Å². The van der Waals surface area contributed by atoms with Gasteiger partial charge < -0.3 is 20.5 Å². The summed E-state index contributed by atoms with van der Waals surface area (Å²) >= 11 is 12.0. The van der Waals surface area contributed by atoms with Crippen molar-refractivity contribution in [2.45, 2.75) is 12.5 Å². The number of rotatable bonds is 5. The molecule has 1 aliphatic rings. The van der Waals surface area contributed by atoms with Gasteiger partial charge in [-0.1, -0.05) is 29.3 Å². The van der Waals surface area contributed by atoms with Gasteiger partial charge >= 0.3 is 6.03 Å². The van der Waals surface area contributed by atoms with E-state index >= 15 is 0 Å². The van der Waals surface area contributed by atoms with Crippen LogP contribution in [0, 0.1) is 5.92 Å². The van der Waals surface area contributed by atoms with Crippen molar-refractivity contribution < 1.29 is 14.6 Å². The van der Waals surface area contributed by atoms with Crippen LogP contribution in [0.5, 0.6) is 0 Å². The van der Waals surface area contributed by atoms with Gasteiger partial charge in [0.25, 0.3) is 0 Å². The predicted molar refractivity (Wildman–Crippen MR) is 81.7 cm³/mol. The number of amides is 2. The van der Waals surface area contributed by atoms with Gasteiger partial charge in [-0.05, 0) is 18.6 Å². The molecule has 0 aliphatic carbocycles. The lowest BCUT2D eigenvalue weighted by Crippen LogP contribution is -2.40. The molecule has 3 N–H and O–H groups in total.